The van der Waals surface area contributed by atoms with Gasteiger partial charge in [0.1, 0.15) is 0 Å². The molecule has 1 aromatic carbocycles. The predicted octanol–water partition coefficient (Wildman–Crippen LogP) is 2.09. The topological polar surface area (TPSA) is 114 Å². The van der Waals surface area contributed by atoms with E-state index in [1.54, 1.807) is 0 Å². The monoisotopic (exact) mass is 355 g/mol. The molecule has 0 spiro atoms. The van der Waals surface area contributed by atoms with Crippen molar-refractivity contribution in [2.75, 3.05) is 0 Å². The molecule has 2 aromatic rings. The molecule has 0 saturated carbocycles. The summed E-state index contributed by atoms with van der Waals surface area (Å²) in [5.41, 5.74) is -0.0876. The molecule has 0 aliphatic rings. The molecule has 0 aliphatic carbocycles. The highest BCUT2D eigenvalue weighted by atomic mass is 35.5. The minimum Gasteiger partial charge on any atom is -0.502 e. The van der Waals surface area contributed by atoms with Crippen LogP contribution in [0.2, 0.25) is 5.02 Å². The Bertz CT molecular complexity index is 896. The van der Waals surface area contributed by atoms with Gasteiger partial charge in [-0.25, -0.2) is 17.2 Å². The quantitative estimate of drug-likeness (QED) is 0.482. The van der Waals surface area contributed by atoms with Gasteiger partial charge in [0, 0.05) is 29.1 Å². The molecule has 0 aliphatic heterocycles. The average Bonchev–Trinajstić information content (AvgIpc) is 2.98. The summed E-state index contributed by atoms with van der Waals surface area (Å²) in [5, 5.41) is 17.9. The highest BCUT2D eigenvalue weighted by Crippen LogP contribution is 2.18. The van der Waals surface area contributed by atoms with E-state index >= 15 is 0 Å². The third kappa shape index (κ3) is 3.61. The first-order valence-electron chi connectivity index (χ1n) is 6.09. The number of hydrogen-bond acceptors (Lipinski definition) is 5. The highest BCUT2D eigenvalue weighted by molar-refractivity contribution is 7.90. The summed E-state index contributed by atoms with van der Waals surface area (Å²) < 4.78 is 25.5. The standard InChI is InChI=1S/C14H10ClNO6S/c15-10-1-3-11(4-2-10)23(21,22)16-6-5-9(8-16)12(17)7-13(18)14(19)20/h1-8,18H,(H,19,20). The number of ketones is 1. The fraction of sp³-hybridized carbons (Fsp3) is 0. The number of carbonyl (C=O) groups is 2. The van der Waals surface area contributed by atoms with E-state index in [-0.39, 0.29) is 10.5 Å². The van der Waals surface area contributed by atoms with E-state index in [1.165, 1.54) is 30.3 Å². The Morgan fingerprint density at radius 3 is 2.26 bits per heavy atom. The van der Waals surface area contributed by atoms with Crippen molar-refractivity contribution in [1.82, 2.24) is 3.97 Å². The van der Waals surface area contributed by atoms with E-state index < -0.39 is 27.5 Å². The van der Waals surface area contributed by atoms with Crippen molar-refractivity contribution in [2.45, 2.75) is 4.90 Å². The second-order valence-corrected chi connectivity index (χ2v) is 6.67. The molecule has 0 radical (unpaired) electrons. The highest BCUT2D eigenvalue weighted by Gasteiger charge is 2.18. The van der Waals surface area contributed by atoms with Crippen molar-refractivity contribution in [1.29, 1.82) is 0 Å². The Morgan fingerprint density at radius 2 is 1.70 bits per heavy atom. The van der Waals surface area contributed by atoms with Crippen LogP contribution >= 0.6 is 11.6 Å². The molecule has 23 heavy (non-hydrogen) atoms. The Labute approximate surface area is 136 Å². The van der Waals surface area contributed by atoms with Crippen LogP contribution in [0, 0.1) is 0 Å². The van der Waals surface area contributed by atoms with Crippen molar-refractivity contribution in [3.63, 3.8) is 0 Å². The van der Waals surface area contributed by atoms with Gasteiger partial charge < -0.3 is 10.2 Å². The first-order valence-corrected chi connectivity index (χ1v) is 7.91. The second-order valence-electron chi connectivity index (χ2n) is 4.39. The van der Waals surface area contributed by atoms with Crippen molar-refractivity contribution < 1.29 is 28.2 Å². The summed E-state index contributed by atoms with van der Waals surface area (Å²) in [5.74, 6) is -3.63. The number of carbonyl (C=O) groups excluding carboxylic acids is 1. The molecule has 2 rings (SSSR count). The normalized spacial score (nSPS) is 12.1. The summed E-state index contributed by atoms with van der Waals surface area (Å²) in [4.78, 5) is 22.2. The molecule has 0 atom stereocenters. The van der Waals surface area contributed by atoms with Crippen LogP contribution in [0.25, 0.3) is 0 Å². The third-order valence-electron chi connectivity index (χ3n) is 2.83. The zero-order chi connectivity index (χ0) is 17.2. The Morgan fingerprint density at radius 1 is 1.09 bits per heavy atom. The smallest absolute Gasteiger partial charge is 0.371 e. The number of benzene rings is 1. The van der Waals surface area contributed by atoms with Crippen molar-refractivity contribution in [2.24, 2.45) is 0 Å². The van der Waals surface area contributed by atoms with E-state index in [2.05, 4.69) is 0 Å². The van der Waals surface area contributed by atoms with Gasteiger partial charge >= 0.3 is 5.97 Å². The molecule has 2 N–H and O–H groups in total. The van der Waals surface area contributed by atoms with Crippen LogP contribution in [-0.2, 0) is 14.8 Å². The SMILES string of the molecule is O=C(O)C(O)=CC(=O)c1ccn(S(=O)(=O)c2ccc(Cl)cc2)c1. The molecule has 7 nitrogen and oxygen atoms in total. The molecule has 0 saturated heterocycles. The fourth-order valence-electron chi connectivity index (χ4n) is 1.67. The largest absolute Gasteiger partial charge is 0.502 e. The summed E-state index contributed by atoms with van der Waals surface area (Å²) >= 11 is 5.70. The maximum absolute atomic E-state index is 12.4. The van der Waals surface area contributed by atoms with Crippen LogP contribution in [0.5, 0.6) is 0 Å². The zero-order valence-corrected chi connectivity index (χ0v) is 13.0. The zero-order valence-electron chi connectivity index (χ0n) is 11.4. The number of aliphatic carboxylic acids is 1. The van der Waals surface area contributed by atoms with Gasteiger partial charge in [-0.15, -0.1) is 0 Å². The molecule has 1 aromatic heterocycles. The van der Waals surface area contributed by atoms with Crippen molar-refractivity contribution >= 4 is 33.4 Å². The lowest BCUT2D eigenvalue weighted by Crippen LogP contribution is -2.11. The van der Waals surface area contributed by atoms with E-state index in [0.29, 0.717) is 11.1 Å². The van der Waals surface area contributed by atoms with Crippen molar-refractivity contribution in [3.8, 4) is 0 Å². The first kappa shape index (κ1) is 16.8. The lowest BCUT2D eigenvalue weighted by Gasteiger charge is -2.05. The Hall–Kier alpha value is -2.58. The number of aliphatic hydroxyl groups excluding tert-OH is 1. The van der Waals surface area contributed by atoms with Gasteiger partial charge in [0.15, 0.2) is 5.78 Å². The van der Waals surface area contributed by atoms with Gasteiger partial charge in [-0.1, -0.05) is 11.6 Å². The summed E-state index contributed by atoms with van der Waals surface area (Å²) in [6.07, 6.45) is 2.66. The van der Waals surface area contributed by atoms with Gasteiger partial charge in [-0.3, -0.25) is 4.79 Å². The average molecular weight is 356 g/mol. The van der Waals surface area contributed by atoms with Gasteiger partial charge in [-0.05, 0) is 30.3 Å². The van der Waals surface area contributed by atoms with Crippen LogP contribution in [0.15, 0.2) is 59.5 Å². The molecular formula is C14H10ClNO6S. The number of nitrogens with zero attached hydrogens (tertiary/aromatic N) is 1. The fourth-order valence-corrected chi connectivity index (χ4v) is 2.99. The van der Waals surface area contributed by atoms with Crippen LogP contribution < -0.4 is 0 Å². The Kier molecular flexibility index (Phi) is 4.57. The molecular weight excluding hydrogens is 346 g/mol. The maximum atomic E-state index is 12.4. The van der Waals surface area contributed by atoms with Crippen LogP contribution in [0.1, 0.15) is 10.4 Å². The van der Waals surface area contributed by atoms with Gasteiger partial charge in [0.05, 0.1) is 4.90 Å². The van der Waals surface area contributed by atoms with E-state index in [1.807, 2.05) is 0 Å². The number of aliphatic hydroxyl groups is 1. The minimum absolute atomic E-state index is 0.0274. The molecule has 0 unspecified atom stereocenters. The van der Waals surface area contributed by atoms with Gasteiger partial charge in [0.2, 0.25) is 5.76 Å². The number of allylic oxidation sites excluding steroid dienone is 1. The lowest BCUT2D eigenvalue weighted by molar-refractivity contribution is -0.135. The van der Waals surface area contributed by atoms with Gasteiger partial charge in [-0.2, -0.15) is 0 Å². The molecule has 1 heterocycles. The number of aromatic nitrogens is 1. The number of hydrogen-bond donors (Lipinski definition) is 2. The summed E-state index contributed by atoms with van der Waals surface area (Å²) in [6, 6.07) is 6.65. The number of carboxylic acid groups (broad SMARTS) is 1. The molecule has 120 valence electrons. The number of halogens is 1. The minimum atomic E-state index is -3.91. The van der Waals surface area contributed by atoms with E-state index in [0.717, 1.165) is 16.4 Å². The predicted molar refractivity (Wildman–Crippen MR) is 81.1 cm³/mol. The maximum Gasteiger partial charge on any atom is 0.371 e. The molecule has 0 fully saturated rings. The molecule has 0 amide bonds. The molecule has 0 bridgehead atoms. The summed E-state index contributed by atoms with van der Waals surface area (Å²) in [6.45, 7) is 0. The van der Waals surface area contributed by atoms with Crippen LogP contribution in [0.4, 0.5) is 0 Å². The summed E-state index contributed by atoms with van der Waals surface area (Å²) in [7, 11) is -3.91. The number of rotatable bonds is 5. The van der Waals surface area contributed by atoms with E-state index in [4.69, 9.17) is 21.8 Å². The van der Waals surface area contributed by atoms with Crippen LogP contribution in [0.3, 0.4) is 0 Å². The number of carboxylic acids is 1. The second kappa shape index (κ2) is 6.27. The molecule has 9 heteroatoms. The van der Waals surface area contributed by atoms with Crippen LogP contribution in [-0.4, -0.2) is 34.4 Å². The van der Waals surface area contributed by atoms with E-state index in [9.17, 15) is 18.0 Å². The third-order valence-corrected chi connectivity index (χ3v) is 4.73. The Balaban J connectivity index is 2.35. The lowest BCUT2D eigenvalue weighted by atomic mass is 10.2. The van der Waals surface area contributed by atoms with Crippen molar-refractivity contribution in [3.05, 3.63) is 65.1 Å². The first-order chi connectivity index (χ1) is 10.7. The van der Waals surface area contributed by atoms with Gasteiger partial charge in [0.25, 0.3) is 10.0 Å².